The standard InChI is InChI=1S/C14H28N4O/c1-17(11-12-18-9-7-15-8-10-18)14(19)16-13-5-3-2-4-6-13/h13,15H,2-12H2,1H3,(H,16,19). The summed E-state index contributed by atoms with van der Waals surface area (Å²) >= 11 is 0. The molecule has 5 nitrogen and oxygen atoms in total. The Balaban J connectivity index is 1.63. The maximum Gasteiger partial charge on any atom is 0.317 e. The van der Waals surface area contributed by atoms with Gasteiger partial charge in [0.15, 0.2) is 0 Å². The molecule has 0 aromatic carbocycles. The van der Waals surface area contributed by atoms with E-state index < -0.39 is 0 Å². The molecule has 2 N–H and O–H groups in total. The lowest BCUT2D eigenvalue weighted by Crippen LogP contribution is -2.49. The van der Waals surface area contributed by atoms with Crippen LogP contribution in [0.1, 0.15) is 32.1 Å². The van der Waals surface area contributed by atoms with E-state index in [0.29, 0.717) is 6.04 Å². The summed E-state index contributed by atoms with van der Waals surface area (Å²) in [6.07, 6.45) is 6.14. The van der Waals surface area contributed by atoms with Crippen LogP contribution in [-0.2, 0) is 0 Å². The number of hydrogen-bond acceptors (Lipinski definition) is 3. The van der Waals surface area contributed by atoms with Gasteiger partial charge in [-0.1, -0.05) is 19.3 Å². The molecule has 0 spiro atoms. The largest absolute Gasteiger partial charge is 0.335 e. The second-order valence-electron chi connectivity index (χ2n) is 5.80. The van der Waals surface area contributed by atoms with Gasteiger partial charge in [0.2, 0.25) is 0 Å². The highest BCUT2D eigenvalue weighted by Crippen LogP contribution is 2.17. The molecule has 110 valence electrons. The number of nitrogens with one attached hydrogen (secondary N) is 2. The van der Waals surface area contributed by atoms with E-state index in [2.05, 4.69) is 15.5 Å². The first-order valence-corrected chi connectivity index (χ1v) is 7.70. The van der Waals surface area contributed by atoms with Crippen LogP contribution in [0.15, 0.2) is 0 Å². The minimum atomic E-state index is 0.0991. The Hall–Kier alpha value is -0.810. The summed E-state index contributed by atoms with van der Waals surface area (Å²) in [7, 11) is 1.90. The van der Waals surface area contributed by atoms with Crippen LogP contribution < -0.4 is 10.6 Å². The van der Waals surface area contributed by atoms with Crippen molar-refractivity contribution in [2.45, 2.75) is 38.1 Å². The molecule has 1 heterocycles. The minimum Gasteiger partial charge on any atom is -0.335 e. The Bertz CT molecular complexity index is 273. The van der Waals surface area contributed by atoms with Crippen LogP contribution in [0, 0.1) is 0 Å². The molecule has 0 atom stereocenters. The van der Waals surface area contributed by atoms with E-state index in [9.17, 15) is 4.79 Å². The van der Waals surface area contributed by atoms with E-state index in [1.165, 1.54) is 19.3 Å². The van der Waals surface area contributed by atoms with Crippen molar-refractivity contribution in [1.82, 2.24) is 20.4 Å². The van der Waals surface area contributed by atoms with Crippen molar-refractivity contribution in [3.05, 3.63) is 0 Å². The number of urea groups is 1. The summed E-state index contributed by atoms with van der Waals surface area (Å²) in [4.78, 5) is 16.3. The minimum absolute atomic E-state index is 0.0991. The van der Waals surface area contributed by atoms with Gasteiger partial charge in [0, 0.05) is 52.4 Å². The number of nitrogens with zero attached hydrogens (tertiary/aromatic N) is 2. The van der Waals surface area contributed by atoms with Gasteiger partial charge in [-0.3, -0.25) is 4.90 Å². The lowest BCUT2D eigenvalue weighted by atomic mass is 9.96. The summed E-state index contributed by atoms with van der Waals surface area (Å²) in [6, 6.07) is 0.505. The van der Waals surface area contributed by atoms with Crippen molar-refractivity contribution >= 4 is 6.03 Å². The van der Waals surface area contributed by atoms with Gasteiger partial charge >= 0.3 is 6.03 Å². The smallest absolute Gasteiger partial charge is 0.317 e. The van der Waals surface area contributed by atoms with Gasteiger partial charge in [-0.15, -0.1) is 0 Å². The van der Waals surface area contributed by atoms with Gasteiger partial charge in [0.1, 0.15) is 0 Å². The predicted octanol–water partition coefficient (Wildman–Crippen LogP) is 0.866. The van der Waals surface area contributed by atoms with E-state index in [1.54, 1.807) is 0 Å². The van der Waals surface area contributed by atoms with Gasteiger partial charge < -0.3 is 15.5 Å². The van der Waals surface area contributed by atoms with Crippen LogP contribution in [0.3, 0.4) is 0 Å². The molecule has 0 radical (unpaired) electrons. The molecule has 2 aliphatic rings. The van der Waals surface area contributed by atoms with Crippen LogP contribution >= 0.6 is 0 Å². The van der Waals surface area contributed by atoms with Gasteiger partial charge in [-0.25, -0.2) is 4.79 Å². The summed E-state index contributed by atoms with van der Waals surface area (Å²) in [5.74, 6) is 0. The second kappa shape index (κ2) is 7.70. The molecule has 1 saturated heterocycles. The number of amides is 2. The number of rotatable bonds is 4. The normalized spacial score (nSPS) is 22.2. The summed E-state index contributed by atoms with van der Waals surface area (Å²) in [6.45, 7) is 6.13. The van der Waals surface area contributed by atoms with Gasteiger partial charge in [0.05, 0.1) is 0 Å². The number of likely N-dealkylation sites (N-methyl/N-ethyl adjacent to an activating group) is 1. The average molecular weight is 268 g/mol. The number of hydrogen-bond donors (Lipinski definition) is 2. The van der Waals surface area contributed by atoms with E-state index in [4.69, 9.17) is 0 Å². The molecule has 2 amide bonds. The molecular weight excluding hydrogens is 240 g/mol. The monoisotopic (exact) mass is 268 g/mol. The molecule has 0 bridgehead atoms. The molecule has 19 heavy (non-hydrogen) atoms. The molecule has 0 aromatic rings. The molecular formula is C14H28N4O. The van der Waals surface area contributed by atoms with Crippen LogP contribution in [-0.4, -0.2) is 68.2 Å². The fourth-order valence-electron chi connectivity index (χ4n) is 2.86. The van der Waals surface area contributed by atoms with Gasteiger partial charge in [-0.2, -0.15) is 0 Å². The molecule has 1 saturated carbocycles. The van der Waals surface area contributed by atoms with E-state index >= 15 is 0 Å². The third-order valence-electron chi connectivity index (χ3n) is 4.24. The van der Waals surface area contributed by atoms with E-state index in [0.717, 1.165) is 52.1 Å². The molecule has 5 heteroatoms. The van der Waals surface area contributed by atoms with Crippen LogP contribution in [0.25, 0.3) is 0 Å². The third-order valence-corrected chi connectivity index (χ3v) is 4.24. The highest BCUT2D eigenvalue weighted by Gasteiger charge is 2.18. The van der Waals surface area contributed by atoms with Gasteiger partial charge in [-0.05, 0) is 12.8 Å². The van der Waals surface area contributed by atoms with Crippen molar-refractivity contribution in [3.63, 3.8) is 0 Å². The first-order chi connectivity index (χ1) is 9.25. The summed E-state index contributed by atoms with van der Waals surface area (Å²) in [5, 5.41) is 6.51. The highest BCUT2D eigenvalue weighted by molar-refractivity contribution is 5.74. The van der Waals surface area contributed by atoms with E-state index in [-0.39, 0.29) is 6.03 Å². The van der Waals surface area contributed by atoms with Crippen LogP contribution in [0.5, 0.6) is 0 Å². The van der Waals surface area contributed by atoms with Crippen molar-refractivity contribution in [2.75, 3.05) is 46.3 Å². The van der Waals surface area contributed by atoms with Crippen LogP contribution in [0.2, 0.25) is 0 Å². The first-order valence-electron chi connectivity index (χ1n) is 7.70. The first kappa shape index (κ1) is 14.6. The second-order valence-corrected chi connectivity index (χ2v) is 5.80. The van der Waals surface area contributed by atoms with Crippen molar-refractivity contribution in [3.8, 4) is 0 Å². The Labute approximate surface area is 116 Å². The number of piperazine rings is 1. The zero-order chi connectivity index (χ0) is 13.5. The highest BCUT2D eigenvalue weighted by atomic mass is 16.2. The molecule has 0 aromatic heterocycles. The van der Waals surface area contributed by atoms with Crippen molar-refractivity contribution in [2.24, 2.45) is 0 Å². The van der Waals surface area contributed by atoms with E-state index in [1.807, 2.05) is 11.9 Å². The molecule has 1 aliphatic carbocycles. The topological polar surface area (TPSA) is 47.6 Å². The van der Waals surface area contributed by atoms with Crippen molar-refractivity contribution < 1.29 is 4.79 Å². The third kappa shape index (κ3) is 4.99. The fraction of sp³-hybridized carbons (Fsp3) is 0.929. The van der Waals surface area contributed by atoms with Gasteiger partial charge in [0.25, 0.3) is 0 Å². The zero-order valence-corrected chi connectivity index (χ0v) is 12.2. The Kier molecular flexibility index (Phi) is 5.92. The number of carbonyl (C=O) groups is 1. The van der Waals surface area contributed by atoms with Crippen molar-refractivity contribution in [1.29, 1.82) is 0 Å². The molecule has 2 fully saturated rings. The Morgan fingerprint density at radius 2 is 1.95 bits per heavy atom. The van der Waals surface area contributed by atoms with Crippen LogP contribution in [0.4, 0.5) is 4.79 Å². The summed E-state index contributed by atoms with van der Waals surface area (Å²) in [5.41, 5.74) is 0. The lowest BCUT2D eigenvalue weighted by Gasteiger charge is -2.30. The average Bonchev–Trinajstić information content (AvgIpc) is 2.47. The Morgan fingerprint density at radius 1 is 1.26 bits per heavy atom. The number of carbonyl (C=O) groups excluding carboxylic acids is 1. The quantitative estimate of drug-likeness (QED) is 0.795. The molecule has 0 unspecified atom stereocenters. The summed E-state index contributed by atoms with van der Waals surface area (Å²) < 4.78 is 0. The zero-order valence-electron chi connectivity index (χ0n) is 12.2. The maximum absolute atomic E-state index is 12.1. The molecule has 2 rings (SSSR count). The predicted molar refractivity (Wildman–Crippen MR) is 77.3 cm³/mol. The lowest BCUT2D eigenvalue weighted by molar-refractivity contribution is 0.182. The maximum atomic E-state index is 12.1. The fourth-order valence-corrected chi connectivity index (χ4v) is 2.86. The SMILES string of the molecule is CN(CCN1CCNCC1)C(=O)NC1CCCCC1. The Morgan fingerprint density at radius 3 is 2.63 bits per heavy atom. The molecule has 1 aliphatic heterocycles.